The Morgan fingerprint density at radius 3 is 2.15 bits per heavy atom. The molecule has 1 N–H and O–H groups in total. The Hall–Kier alpha value is -2.57. The van der Waals surface area contributed by atoms with Gasteiger partial charge in [0.2, 0.25) is 0 Å². The van der Waals surface area contributed by atoms with Crippen LogP contribution in [0.3, 0.4) is 0 Å². The van der Waals surface area contributed by atoms with Crippen LogP contribution < -0.4 is 4.72 Å². The van der Waals surface area contributed by atoms with Gasteiger partial charge in [-0.15, -0.1) is 0 Å². The van der Waals surface area contributed by atoms with Crippen LogP contribution in [0.25, 0.3) is 22.5 Å². The minimum absolute atomic E-state index is 0.141. The van der Waals surface area contributed by atoms with E-state index in [1.54, 1.807) is 6.07 Å². The summed E-state index contributed by atoms with van der Waals surface area (Å²) in [4.78, 5) is 0. The Morgan fingerprint density at radius 2 is 1.49 bits per heavy atom. The number of nitrogens with zero attached hydrogens (tertiary/aromatic N) is 3. The minimum atomic E-state index is -4.49. The summed E-state index contributed by atoms with van der Waals surface area (Å²) in [5.74, 6) is -0.158. The second-order valence-electron chi connectivity index (χ2n) is 10.7. The topological polar surface area (TPSA) is 33.1 Å². The Bertz CT molecular complexity index is 1370. The first kappa shape index (κ1) is 26.6. The molecule has 2 bridgehead atoms. The molecule has 1 saturated carbocycles. The molecule has 12 heteroatoms. The number of rotatable bonds is 4. The molecule has 0 amide bonds. The van der Waals surface area contributed by atoms with Gasteiger partial charge in [-0.2, -0.15) is 31.4 Å². The van der Waals surface area contributed by atoms with Crippen molar-refractivity contribution in [3.63, 3.8) is 0 Å². The van der Waals surface area contributed by atoms with Crippen molar-refractivity contribution < 1.29 is 30.7 Å². The van der Waals surface area contributed by atoms with Gasteiger partial charge in [-0.3, -0.25) is 4.68 Å². The number of nitrogens with one attached hydrogen (secondary N) is 1. The van der Waals surface area contributed by atoms with Crippen LogP contribution in [-0.2, 0) is 19.4 Å². The minimum Gasteiger partial charge on any atom is -0.255 e. The highest BCUT2D eigenvalue weighted by atomic mass is 32.2. The van der Waals surface area contributed by atoms with Gasteiger partial charge >= 0.3 is 12.4 Å². The third kappa shape index (κ3) is 5.30. The lowest BCUT2D eigenvalue weighted by molar-refractivity contribution is -0.142. The summed E-state index contributed by atoms with van der Waals surface area (Å²) in [5.41, 5.74) is 3.43. The first-order valence-corrected chi connectivity index (χ1v) is 13.4. The summed E-state index contributed by atoms with van der Waals surface area (Å²) in [6, 6.07) is 12.6. The van der Waals surface area contributed by atoms with E-state index >= 15 is 0 Å². The molecular formula is C27H25F7N4S. The number of hydrogen-bond donors (Lipinski definition) is 1. The molecule has 1 aromatic heterocycles. The maximum Gasteiger partial charge on any atom is 0.408 e. The molecule has 39 heavy (non-hydrogen) atoms. The lowest BCUT2D eigenvalue weighted by atomic mass is 9.79. The van der Waals surface area contributed by atoms with Crippen LogP contribution in [0.4, 0.5) is 30.7 Å². The SMILES string of the molecule is Fc1ccc(-c2cc(-c3ccc4c(c3)CC3CCC(C4)C34CN(CC(F)(F)F)SN4)nn2CC(F)(F)F)cc1. The van der Waals surface area contributed by atoms with Crippen LogP contribution in [0, 0.1) is 17.7 Å². The number of benzene rings is 2. The van der Waals surface area contributed by atoms with Gasteiger partial charge < -0.3 is 0 Å². The smallest absolute Gasteiger partial charge is 0.255 e. The molecule has 2 heterocycles. The maximum atomic E-state index is 13.4. The van der Waals surface area contributed by atoms with Crippen molar-refractivity contribution in [2.24, 2.45) is 11.8 Å². The van der Waals surface area contributed by atoms with Crippen LogP contribution in [0.5, 0.6) is 0 Å². The molecule has 208 valence electrons. The van der Waals surface area contributed by atoms with Crippen molar-refractivity contribution in [2.75, 3.05) is 13.1 Å². The van der Waals surface area contributed by atoms with Crippen LogP contribution in [-0.4, -0.2) is 45.1 Å². The Kier molecular flexibility index (Phi) is 6.50. The first-order chi connectivity index (χ1) is 18.4. The van der Waals surface area contributed by atoms with Gasteiger partial charge in [0.1, 0.15) is 18.9 Å². The van der Waals surface area contributed by atoms with Crippen LogP contribution in [0.1, 0.15) is 24.0 Å². The van der Waals surface area contributed by atoms with E-state index in [0.717, 1.165) is 47.2 Å². The van der Waals surface area contributed by atoms with E-state index in [-0.39, 0.29) is 17.5 Å². The summed E-state index contributed by atoms with van der Waals surface area (Å²) < 4.78 is 98.2. The highest BCUT2D eigenvalue weighted by Gasteiger charge is 2.56. The van der Waals surface area contributed by atoms with Gasteiger partial charge in [-0.25, -0.2) is 13.4 Å². The van der Waals surface area contributed by atoms with Crippen molar-refractivity contribution in [2.45, 2.75) is 50.1 Å². The Morgan fingerprint density at radius 1 is 0.846 bits per heavy atom. The van der Waals surface area contributed by atoms with Crippen molar-refractivity contribution >= 4 is 12.1 Å². The zero-order valence-corrected chi connectivity index (χ0v) is 21.4. The molecule has 3 atom stereocenters. The number of fused-ring (bicyclic) bond motifs is 1. The average molecular weight is 571 g/mol. The second-order valence-corrected chi connectivity index (χ2v) is 11.6. The van der Waals surface area contributed by atoms with Crippen molar-refractivity contribution in [3.8, 4) is 22.5 Å². The van der Waals surface area contributed by atoms with Crippen molar-refractivity contribution in [1.29, 1.82) is 0 Å². The summed E-state index contributed by atoms with van der Waals surface area (Å²) >= 11 is 1.05. The van der Waals surface area contributed by atoms with E-state index in [2.05, 4.69) is 9.82 Å². The average Bonchev–Trinajstić information content (AvgIpc) is 3.49. The van der Waals surface area contributed by atoms with Crippen LogP contribution in [0.2, 0.25) is 0 Å². The molecule has 2 aromatic carbocycles. The monoisotopic (exact) mass is 570 g/mol. The van der Waals surface area contributed by atoms with Crippen LogP contribution in [0.15, 0.2) is 48.5 Å². The molecule has 3 aliphatic rings. The maximum absolute atomic E-state index is 13.4. The van der Waals surface area contributed by atoms with E-state index in [0.29, 0.717) is 29.8 Å². The largest absolute Gasteiger partial charge is 0.408 e. The Labute approximate surface area is 224 Å². The van der Waals surface area contributed by atoms with Gasteiger partial charge in [0.15, 0.2) is 0 Å². The molecule has 1 saturated heterocycles. The van der Waals surface area contributed by atoms with Gasteiger partial charge in [0, 0.05) is 35.3 Å². The van der Waals surface area contributed by atoms with E-state index in [1.165, 1.54) is 28.6 Å². The highest BCUT2D eigenvalue weighted by molar-refractivity contribution is 7.95. The predicted octanol–water partition coefficient (Wildman–Crippen LogP) is 6.81. The summed E-state index contributed by atoms with van der Waals surface area (Å²) in [5, 5.41) is 4.27. The first-order valence-electron chi connectivity index (χ1n) is 12.7. The van der Waals surface area contributed by atoms with Gasteiger partial charge in [-0.1, -0.05) is 12.1 Å². The fourth-order valence-corrected chi connectivity index (χ4v) is 7.63. The molecule has 3 aromatic rings. The zero-order valence-electron chi connectivity index (χ0n) is 20.6. The Balaban J connectivity index is 1.31. The van der Waals surface area contributed by atoms with E-state index in [1.807, 2.05) is 18.2 Å². The highest BCUT2D eigenvalue weighted by Crippen LogP contribution is 2.52. The lowest BCUT2D eigenvalue weighted by Gasteiger charge is -2.34. The van der Waals surface area contributed by atoms with E-state index in [4.69, 9.17) is 0 Å². The molecule has 0 radical (unpaired) electrons. The molecule has 4 nitrogen and oxygen atoms in total. The number of hydrogen-bond acceptors (Lipinski definition) is 4. The van der Waals surface area contributed by atoms with Gasteiger partial charge in [-0.05, 0) is 85.0 Å². The normalized spacial score (nSPS) is 25.3. The third-order valence-corrected chi connectivity index (χ3v) is 9.15. The zero-order chi connectivity index (χ0) is 27.6. The molecule has 3 unspecified atom stereocenters. The standard InChI is InChI=1S/C27H25F7N4S/c28-22-7-3-16(4-8-22)24-12-23(35-38(24)15-27(32,33)34)18-2-1-17-10-20-5-6-21(11-19(17)9-18)25(20)13-37(39-36-25)14-26(29,30)31/h1-4,7-9,12,20-21,36H,5-6,10-11,13-15H2. The molecule has 1 spiro atoms. The number of aromatic nitrogens is 2. The molecule has 6 rings (SSSR count). The third-order valence-electron chi connectivity index (χ3n) is 8.16. The second kappa shape index (κ2) is 9.52. The van der Waals surface area contributed by atoms with Crippen molar-refractivity contribution in [3.05, 3.63) is 65.5 Å². The van der Waals surface area contributed by atoms with Gasteiger partial charge in [0.25, 0.3) is 0 Å². The van der Waals surface area contributed by atoms with Crippen molar-refractivity contribution in [1.82, 2.24) is 18.8 Å². The van der Waals surface area contributed by atoms with E-state index < -0.39 is 36.8 Å². The fourth-order valence-electron chi connectivity index (χ4n) is 6.44. The number of halogens is 7. The fraction of sp³-hybridized carbons (Fsp3) is 0.444. The summed E-state index contributed by atoms with van der Waals surface area (Å²) in [6.07, 6.45) is -5.54. The number of alkyl halides is 6. The van der Waals surface area contributed by atoms with E-state index in [9.17, 15) is 30.7 Å². The molecule has 2 aliphatic carbocycles. The molecule has 1 aliphatic heterocycles. The predicted molar refractivity (Wildman–Crippen MR) is 134 cm³/mol. The summed E-state index contributed by atoms with van der Waals surface area (Å²) in [7, 11) is 0. The lowest BCUT2D eigenvalue weighted by Crippen LogP contribution is -2.51. The molecule has 2 fully saturated rings. The summed E-state index contributed by atoms with van der Waals surface area (Å²) in [6.45, 7) is -1.94. The quantitative estimate of drug-likeness (QED) is 0.276. The molecular weight excluding hydrogens is 545 g/mol. The van der Waals surface area contributed by atoms with Gasteiger partial charge in [0.05, 0.1) is 11.4 Å². The van der Waals surface area contributed by atoms with Crippen LogP contribution >= 0.6 is 12.1 Å².